The molecule has 1 saturated heterocycles. The van der Waals surface area contributed by atoms with Crippen molar-refractivity contribution in [2.75, 3.05) is 26.2 Å². The lowest BCUT2D eigenvalue weighted by Crippen LogP contribution is -3.15. The fraction of sp³-hybridized carbons (Fsp3) is 0.217. The van der Waals surface area contributed by atoms with Gasteiger partial charge in [-0.15, -0.1) is 0 Å². The van der Waals surface area contributed by atoms with Crippen molar-refractivity contribution < 1.29 is 13.3 Å². The van der Waals surface area contributed by atoms with Crippen LogP contribution in [0.25, 0.3) is 0 Å². The summed E-state index contributed by atoms with van der Waals surface area (Å²) in [6.45, 7) is 2.46. The quantitative estimate of drug-likeness (QED) is 0.680. The van der Waals surface area contributed by atoms with E-state index in [9.17, 15) is 8.42 Å². The lowest BCUT2D eigenvalue weighted by molar-refractivity contribution is -0.929. The van der Waals surface area contributed by atoms with E-state index in [-0.39, 0.29) is 10.9 Å². The Morgan fingerprint density at radius 3 is 1.86 bits per heavy atom. The van der Waals surface area contributed by atoms with Gasteiger partial charge in [0, 0.05) is 16.1 Å². The molecule has 0 aliphatic carbocycles. The molecule has 1 heterocycles. The zero-order valence-corrected chi connectivity index (χ0v) is 17.6. The molecule has 0 saturated carbocycles. The first-order valence-electron chi connectivity index (χ1n) is 9.76. The maximum Gasteiger partial charge on any atom is 0.243 e. The number of benzene rings is 3. The molecule has 3 aromatic carbocycles. The first kappa shape index (κ1) is 20.1. The van der Waals surface area contributed by atoms with Gasteiger partial charge in [-0.3, -0.25) is 0 Å². The van der Waals surface area contributed by atoms with Crippen molar-refractivity contribution >= 4 is 21.6 Å². The molecule has 150 valence electrons. The molecule has 4 nitrogen and oxygen atoms in total. The lowest BCUT2D eigenvalue weighted by Gasteiger charge is -2.36. The van der Waals surface area contributed by atoms with Crippen LogP contribution in [-0.4, -0.2) is 38.9 Å². The molecule has 3 aromatic rings. The average molecular weight is 428 g/mol. The summed E-state index contributed by atoms with van der Waals surface area (Å²) in [5.41, 5.74) is 2.50. The van der Waals surface area contributed by atoms with Crippen molar-refractivity contribution in [1.29, 1.82) is 0 Å². The van der Waals surface area contributed by atoms with Gasteiger partial charge in [0.25, 0.3) is 0 Å². The molecule has 0 bridgehead atoms. The van der Waals surface area contributed by atoms with Crippen LogP contribution in [0.5, 0.6) is 0 Å². The minimum atomic E-state index is -3.53. The van der Waals surface area contributed by atoms with Crippen molar-refractivity contribution in [3.05, 3.63) is 101 Å². The number of quaternary nitrogens is 1. The van der Waals surface area contributed by atoms with Crippen molar-refractivity contribution in [3.63, 3.8) is 0 Å². The number of rotatable bonds is 5. The summed E-state index contributed by atoms with van der Waals surface area (Å²) in [6.07, 6.45) is 0. The van der Waals surface area contributed by atoms with Gasteiger partial charge in [-0.2, -0.15) is 4.31 Å². The van der Waals surface area contributed by atoms with Gasteiger partial charge in [-0.05, 0) is 18.2 Å². The predicted octanol–water partition coefficient (Wildman–Crippen LogP) is 3.02. The zero-order valence-electron chi connectivity index (χ0n) is 16.0. The van der Waals surface area contributed by atoms with Crippen LogP contribution in [0.4, 0.5) is 0 Å². The van der Waals surface area contributed by atoms with Gasteiger partial charge in [-0.1, -0.05) is 78.3 Å². The highest BCUT2D eigenvalue weighted by Gasteiger charge is 2.34. The second-order valence-corrected chi connectivity index (χ2v) is 9.65. The standard InChI is InChI=1S/C23H23ClN2O2S/c24-21-12-7-13-22(18-21)29(27,28)26-16-14-25(15-17-26)23(19-8-3-1-4-9-19)20-10-5-2-6-11-20/h1-13,18,23H,14-17H2/p+1. The van der Waals surface area contributed by atoms with E-state index in [1.807, 2.05) is 12.1 Å². The Morgan fingerprint density at radius 2 is 1.34 bits per heavy atom. The molecule has 1 aliphatic rings. The highest BCUT2D eigenvalue weighted by atomic mass is 35.5. The van der Waals surface area contributed by atoms with Gasteiger partial charge >= 0.3 is 0 Å². The van der Waals surface area contributed by atoms with Crippen molar-refractivity contribution in [1.82, 2.24) is 4.31 Å². The second-order valence-electron chi connectivity index (χ2n) is 7.27. The molecular weight excluding hydrogens is 404 g/mol. The van der Waals surface area contributed by atoms with Crippen LogP contribution in [-0.2, 0) is 10.0 Å². The highest BCUT2D eigenvalue weighted by Crippen LogP contribution is 2.22. The van der Waals surface area contributed by atoms with Crippen molar-refractivity contribution in [2.24, 2.45) is 0 Å². The summed E-state index contributed by atoms with van der Waals surface area (Å²) in [6, 6.07) is 27.6. The number of halogens is 1. The molecule has 29 heavy (non-hydrogen) atoms. The maximum atomic E-state index is 13.0. The summed E-state index contributed by atoms with van der Waals surface area (Å²) < 4.78 is 27.6. The number of nitrogens with zero attached hydrogens (tertiary/aromatic N) is 1. The molecule has 0 aromatic heterocycles. The van der Waals surface area contributed by atoms with E-state index in [0.717, 1.165) is 13.1 Å². The smallest absolute Gasteiger partial charge is 0.243 e. The van der Waals surface area contributed by atoms with Gasteiger partial charge in [-0.25, -0.2) is 8.42 Å². The summed E-state index contributed by atoms with van der Waals surface area (Å²) >= 11 is 6.00. The van der Waals surface area contributed by atoms with Crippen LogP contribution in [0.1, 0.15) is 17.2 Å². The number of piperazine rings is 1. The summed E-state index contributed by atoms with van der Waals surface area (Å²) in [7, 11) is -3.53. The van der Waals surface area contributed by atoms with Gasteiger partial charge in [0.15, 0.2) is 0 Å². The minimum Gasteiger partial charge on any atom is -0.323 e. The van der Waals surface area contributed by atoms with Gasteiger partial charge in [0.2, 0.25) is 10.0 Å². The molecule has 0 spiro atoms. The largest absolute Gasteiger partial charge is 0.323 e. The Morgan fingerprint density at radius 1 is 0.793 bits per heavy atom. The van der Waals surface area contributed by atoms with Crippen LogP contribution in [0.2, 0.25) is 5.02 Å². The minimum absolute atomic E-state index is 0.188. The first-order valence-corrected chi connectivity index (χ1v) is 11.6. The van der Waals surface area contributed by atoms with E-state index in [2.05, 4.69) is 48.5 Å². The fourth-order valence-electron chi connectivity index (χ4n) is 4.03. The Kier molecular flexibility index (Phi) is 6.01. The Balaban J connectivity index is 1.56. The van der Waals surface area contributed by atoms with E-state index < -0.39 is 10.0 Å². The molecule has 0 amide bonds. The third-order valence-electron chi connectivity index (χ3n) is 5.47. The number of hydrogen-bond donors (Lipinski definition) is 1. The molecule has 0 radical (unpaired) electrons. The molecule has 0 unspecified atom stereocenters. The van der Waals surface area contributed by atoms with Crippen LogP contribution < -0.4 is 4.90 Å². The maximum absolute atomic E-state index is 13.0. The summed E-state index contributed by atoms with van der Waals surface area (Å²) in [4.78, 5) is 1.64. The molecule has 1 aliphatic heterocycles. The third-order valence-corrected chi connectivity index (χ3v) is 7.60. The van der Waals surface area contributed by atoms with Gasteiger partial charge in [0.05, 0.1) is 31.1 Å². The normalized spacial score (nSPS) is 16.2. The monoisotopic (exact) mass is 427 g/mol. The van der Waals surface area contributed by atoms with E-state index in [4.69, 9.17) is 11.6 Å². The van der Waals surface area contributed by atoms with Gasteiger partial charge in [0.1, 0.15) is 6.04 Å². The lowest BCUT2D eigenvalue weighted by atomic mass is 9.96. The third kappa shape index (κ3) is 4.38. The van der Waals surface area contributed by atoms with Crippen LogP contribution in [0, 0.1) is 0 Å². The Labute approximate surface area is 177 Å². The summed E-state index contributed by atoms with van der Waals surface area (Å²) in [5.74, 6) is 0. The molecular formula is C23H24ClN2O2S+. The Hall–Kier alpha value is -2.18. The molecule has 0 atom stereocenters. The highest BCUT2D eigenvalue weighted by molar-refractivity contribution is 7.89. The molecule has 4 rings (SSSR count). The number of hydrogen-bond acceptors (Lipinski definition) is 2. The topological polar surface area (TPSA) is 41.8 Å². The van der Waals surface area contributed by atoms with Crippen LogP contribution >= 0.6 is 11.6 Å². The number of sulfonamides is 1. The fourth-order valence-corrected chi connectivity index (χ4v) is 5.78. The van der Waals surface area contributed by atoms with E-state index >= 15 is 0 Å². The van der Waals surface area contributed by atoms with Gasteiger partial charge < -0.3 is 4.90 Å². The van der Waals surface area contributed by atoms with Crippen LogP contribution in [0.3, 0.4) is 0 Å². The second kappa shape index (κ2) is 8.67. The van der Waals surface area contributed by atoms with E-state index in [0.29, 0.717) is 18.1 Å². The van der Waals surface area contributed by atoms with E-state index in [1.165, 1.54) is 22.1 Å². The first-order chi connectivity index (χ1) is 14.1. The molecule has 1 N–H and O–H groups in total. The zero-order chi connectivity index (χ0) is 20.3. The van der Waals surface area contributed by atoms with Crippen LogP contribution in [0.15, 0.2) is 89.8 Å². The predicted molar refractivity (Wildman–Crippen MR) is 116 cm³/mol. The average Bonchev–Trinajstić information content (AvgIpc) is 2.76. The Bertz CT molecular complexity index is 1010. The van der Waals surface area contributed by atoms with E-state index in [1.54, 1.807) is 22.5 Å². The molecule has 6 heteroatoms. The van der Waals surface area contributed by atoms with Crippen molar-refractivity contribution in [2.45, 2.75) is 10.9 Å². The SMILES string of the molecule is O=S(=O)(c1cccc(Cl)c1)N1CC[NH+](C(c2ccccc2)c2ccccc2)CC1. The van der Waals surface area contributed by atoms with Crippen molar-refractivity contribution in [3.8, 4) is 0 Å². The summed E-state index contributed by atoms with van der Waals surface area (Å²) in [5, 5.41) is 0.434. The molecule has 1 fully saturated rings. The number of nitrogens with one attached hydrogen (secondary N) is 1.